The predicted octanol–water partition coefficient (Wildman–Crippen LogP) is 9.74. The fraction of sp³-hybridized carbons (Fsp3) is 0.395. The van der Waals surface area contributed by atoms with E-state index in [2.05, 4.69) is 142 Å². The molecule has 0 radical (unpaired) electrons. The molecule has 41 heavy (non-hydrogen) atoms. The zero-order chi connectivity index (χ0) is 28.5. The van der Waals surface area contributed by atoms with Gasteiger partial charge in [-0.15, -0.1) is 24.8 Å². The number of fused-ring (bicyclic) bond motifs is 3. The number of hydrogen-bond acceptors (Lipinski definition) is 0. The Balaban J connectivity index is 0.00000231. The van der Waals surface area contributed by atoms with E-state index >= 15 is 0 Å². The normalized spacial score (nSPS) is 17.9. The average Bonchev–Trinajstić information content (AvgIpc) is 3.43. The molecule has 0 spiro atoms. The third-order valence-corrected chi connectivity index (χ3v) is 19.6. The van der Waals surface area contributed by atoms with E-state index < -0.39 is 19.8 Å². The van der Waals surface area contributed by atoms with Gasteiger partial charge in [0.2, 0.25) is 0 Å². The summed E-state index contributed by atoms with van der Waals surface area (Å²) in [6, 6.07) is 23.7. The number of benzene rings is 3. The van der Waals surface area contributed by atoms with Crippen molar-refractivity contribution in [2.24, 2.45) is 11.3 Å². The van der Waals surface area contributed by atoms with Crippen LogP contribution < -0.4 is 6.54 Å². The van der Waals surface area contributed by atoms with Gasteiger partial charge >= 0.3 is 243 Å². The van der Waals surface area contributed by atoms with Crippen LogP contribution in [0.25, 0.3) is 11.1 Å². The van der Waals surface area contributed by atoms with Crippen molar-refractivity contribution >= 4 is 35.6 Å². The summed E-state index contributed by atoms with van der Waals surface area (Å²) >= 11 is -3.61. The molecule has 3 aromatic carbocycles. The van der Waals surface area contributed by atoms with Gasteiger partial charge in [0.25, 0.3) is 0 Å². The summed E-state index contributed by atoms with van der Waals surface area (Å²) in [4.78, 5) is 0. The zero-order valence-electron chi connectivity index (χ0n) is 26.7. The number of halogens is 2. The van der Waals surface area contributed by atoms with Gasteiger partial charge in [0.15, 0.2) is 0 Å². The molecule has 2 atom stereocenters. The third-order valence-electron chi connectivity index (χ3n) is 9.07. The molecule has 0 aliphatic heterocycles. The van der Waals surface area contributed by atoms with Gasteiger partial charge in [-0.25, -0.2) is 0 Å². The fourth-order valence-corrected chi connectivity index (χ4v) is 16.6. The zero-order valence-corrected chi connectivity index (χ0v) is 30.8. The Hall–Kier alpha value is -1.53. The summed E-state index contributed by atoms with van der Waals surface area (Å²) in [5, 5.41) is 0. The second kappa shape index (κ2) is 11.5. The van der Waals surface area contributed by atoms with Gasteiger partial charge in [-0.1, -0.05) is 0 Å². The molecule has 0 bridgehead atoms. The molecule has 5 rings (SSSR count). The number of hydrogen-bond donors (Lipinski definition) is 0. The van der Waals surface area contributed by atoms with Gasteiger partial charge in [0.1, 0.15) is 0 Å². The van der Waals surface area contributed by atoms with Crippen molar-refractivity contribution in [3.8, 4) is 11.1 Å². The van der Waals surface area contributed by atoms with Crippen molar-refractivity contribution in [1.82, 2.24) is 0 Å². The molecule has 0 N–H and O–H groups in total. The van der Waals surface area contributed by atoms with Gasteiger partial charge in [-0.3, -0.25) is 0 Å². The molecule has 0 fully saturated rings. The molecule has 0 aromatic heterocycles. The molecule has 0 nitrogen and oxygen atoms in total. The molecule has 3 aromatic rings. The molecule has 0 amide bonds. The van der Waals surface area contributed by atoms with Crippen LogP contribution in [0.15, 0.2) is 81.7 Å². The van der Waals surface area contributed by atoms with Crippen molar-refractivity contribution in [1.29, 1.82) is 0 Å². The Morgan fingerprint density at radius 2 is 1.29 bits per heavy atom. The van der Waals surface area contributed by atoms with Crippen molar-refractivity contribution in [3.05, 3.63) is 104 Å². The molecule has 0 saturated heterocycles. The molecule has 0 saturated carbocycles. The van der Waals surface area contributed by atoms with Gasteiger partial charge in [-0.2, -0.15) is 0 Å². The maximum absolute atomic E-state index is 5.39. The maximum atomic E-state index is 5.39. The van der Waals surface area contributed by atoms with Crippen LogP contribution >= 0.6 is 24.8 Å². The van der Waals surface area contributed by atoms with Gasteiger partial charge < -0.3 is 0 Å². The number of allylic oxidation sites excluding steroid dienone is 4. The number of rotatable bonds is 3. The van der Waals surface area contributed by atoms with E-state index in [0.717, 1.165) is 6.42 Å². The minimum absolute atomic E-state index is 0. The summed E-state index contributed by atoms with van der Waals surface area (Å²) in [5.41, 5.74) is 10.5. The molecule has 219 valence electrons. The van der Waals surface area contributed by atoms with Crippen LogP contribution in [0.1, 0.15) is 91.5 Å². The van der Waals surface area contributed by atoms with Crippen LogP contribution in [-0.4, -0.2) is 4.21 Å². The van der Waals surface area contributed by atoms with E-state index in [1.165, 1.54) is 42.2 Å². The molecule has 3 heteroatoms. The Kier molecular flexibility index (Phi) is 9.55. The van der Waals surface area contributed by atoms with Crippen LogP contribution in [0.3, 0.4) is 0 Å². The Morgan fingerprint density at radius 3 is 1.83 bits per heavy atom. The molecule has 2 unspecified atom stereocenters. The van der Waals surface area contributed by atoms with Crippen LogP contribution in [-0.2, 0) is 37.0 Å². The fourth-order valence-electron chi connectivity index (χ4n) is 6.44. The van der Waals surface area contributed by atoms with Crippen molar-refractivity contribution < 1.29 is 19.8 Å². The molecule has 0 heterocycles. The third kappa shape index (κ3) is 6.12. The summed E-state index contributed by atoms with van der Waals surface area (Å²) in [6.07, 6.45) is 6.10. The van der Waals surface area contributed by atoms with Gasteiger partial charge in [0, 0.05) is 0 Å². The van der Waals surface area contributed by atoms with Crippen LogP contribution in [0.2, 0.25) is 0 Å². The molecular weight excluding hydrogens is 619 g/mol. The standard InChI is InChI=1S/C21H25.C10H15.C6H5.CH2.2ClH.Zr/c1-20(2,3)16-9-7-14-11-15-8-10-17(21(4,5)6)13-19(15)18(14)12-16;1-8-5-6-9(7-8)10(2,3)4;1-2-4-6-5-3-1;;;;/h7,9-10,12-13H,11H2,1-6H3;6-8H,1-4H3;1-5H;1H2;2*1H;. The first-order chi connectivity index (χ1) is 18.0. The second-order valence-electron chi connectivity index (χ2n) is 15.1. The molecular formula is C38H49Cl2Zr. The average molecular weight is 668 g/mol. The van der Waals surface area contributed by atoms with Crippen LogP contribution in [0, 0.1) is 11.3 Å². The Labute approximate surface area is 266 Å². The van der Waals surface area contributed by atoms with Crippen LogP contribution in [0.5, 0.6) is 0 Å². The monoisotopic (exact) mass is 665 g/mol. The first kappa shape index (κ1) is 34.0. The van der Waals surface area contributed by atoms with Crippen LogP contribution in [0.4, 0.5) is 0 Å². The first-order valence-electron chi connectivity index (χ1n) is 14.7. The quantitative estimate of drug-likeness (QED) is 0.204. The summed E-state index contributed by atoms with van der Waals surface area (Å²) < 4.78 is 10.1. The van der Waals surface area contributed by atoms with E-state index in [-0.39, 0.29) is 41.1 Å². The van der Waals surface area contributed by atoms with E-state index in [1.807, 2.05) is 0 Å². The van der Waals surface area contributed by atoms with E-state index in [4.69, 9.17) is 4.21 Å². The summed E-state index contributed by atoms with van der Waals surface area (Å²) in [6.45, 7) is 23.5. The van der Waals surface area contributed by atoms with Crippen molar-refractivity contribution in [2.75, 3.05) is 0 Å². The topological polar surface area (TPSA) is 0 Å². The minimum atomic E-state index is -3.61. The summed E-state index contributed by atoms with van der Waals surface area (Å²) in [5.74, 6) is 0.415. The predicted molar refractivity (Wildman–Crippen MR) is 184 cm³/mol. The van der Waals surface area contributed by atoms with E-state index in [9.17, 15) is 0 Å². The van der Waals surface area contributed by atoms with Crippen molar-refractivity contribution in [2.45, 2.75) is 86.5 Å². The van der Waals surface area contributed by atoms with E-state index in [1.54, 1.807) is 6.55 Å². The first-order valence-corrected chi connectivity index (χ1v) is 20.1. The van der Waals surface area contributed by atoms with Crippen molar-refractivity contribution in [3.63, 3.8) is 0 Å². The molecule has 2 aliphatic carbocycles. The Morgan fingerprint density at radius 1 is 0.707 bits per heavy atom. The van der Waals surface area contributed by atoms with E-state index in [0.29, 0.717) is 5.92 Å². The second-order valence-corrected chi connectivity index (χ2v) is 23.7. The van der Waals surface area contributed by atoms with Gasteiger partial charge in [-0.05, 0) is 0 Å². The summed E-state index contributed by atoms with van der Waals surface area (Å²) in [7, 11) is 0. The van der Waals surface area contributed by atoms with Gasteiger partial charge in [0.05, 0.1) is 0 Å². The molecule has 2 aliphatic rings. The SMILES string of the molecule is Cl.Cl.[CH2]=[Zr]([C]1=CC(C(C)(C)C)=CC1C)([c]1ccccc1)[c]1cc(C(C)(C)C)cc2c1Cc1ccc(C(C)(C)C)cc1-2. The Bertz CT molecular complexity index is 1550.